The Kier molecular flexibility index (Phi) is 5.58. The van der Waals surface area contributed by atoms with Crippen molar-refractivity contribution in [2.75, 3.05) is 20.3 Å². The summed E-state index contributed by atoms with van der Waals surface area (Å²) in [7, 11) is 1.78. The summed E-state index contributed by atoms with van der Waals surface area (Å²) in [6.45, 7) is 7.98. The van der Waals surface area contributed by atoms with Gasteiger partial charge in [0.1, 0.15) is 0 Å². The molecule has 2 rings (SSSR count). The maximum absolute atomic E-state index is 5.71. The predicted octanol–water partition coefficient (Wildman–Crippen LogP) is 2.70. The van der Waals surface area contributed by atoms with E-state index in [1.165, 1.54) is 29.5 Å². The number of rotatable bonds is 8. The molecule has 2 N–H and O–H groups in total. The van der Waals surface area contributed by atoms with Gasteiger partial charge in [0.15, 0.2) is 0 Å². The topological polar surface area (TPSA) is 38.5 Å². The lowest BCUT2D eigenvalue weighted by atomic mass is 10.0. The van der Waals surface area contributed by atoms with Crippen LogP contribution in [0.25, 0.3) is 0 Å². The zero-order valence-electron chi connectivity index (χ0n) is 13.1. The van der Waals surface area contributed by atoms with Gasteiger partial charge in [-0.25, -0.2) is 0 Å². The molecule has 1 aliphatic rings. The zero-order chi connectivity index (χ0) is 14.5. The van der Waals surface area contributed by atoms with Crippen LogP contribution in [0, 0.1) is 12.8 Å². The Balaban J connectivity index is 2.05. The molecule has 0 bridgehead atoms. The monoisotopic (exact) mass is 276 g/mol. The van der Waals surface area contributed by atoms with Gasteiger partial charge in [-0.3, -0.25) is 4.90 Å². The Morgan fingerprint density at radius 3 is 2.70 bits per heavy atom. The van der Waals surface area contributed by atoms with E-state index in [1.54, 1.807) is 7.11 Å². The quantitative estimate of drug-likeness (QED) is 0.793. The second kappa shape index (κ2) is 7.21. The van der Waals surface area contributed by atoms with Crippen molar-refractivity contribution < 1.29 is 4.74 Å². The van der Waals surface area contributed by atoms with Crippen molar-refractivity contribution in [3.8, 4) is 0 Å². The smallest absolute Gasteiger partial charge is 0.0589 e. The highest BCUT2D eigenvalue weighted by atomic mass is 16.5. The Hall–Kier alpha value is -0.900. The highest BCUT2D eigenvalue weighted by molar-refractivity contribution is 5.31. The molecule has 3 heteroatoms. The lowest BCUT2D eigenvalue weighted by Gasteiger charge is -2.29. The summed E-state index contributed by atoms with van der Waals surface area (Å²) in [6, 6.07) is 7.25. The summed E-state index contributed by atoms with van der Waals surface area (Å²) in [5.74, 6) is 0.885. The number of methoxy groups -OCH3 is 1. The molecular weight excluding hydrogens is 248 g/mol. The Labute approximate surface area is 123 Å². The molecule has 0 aromatic heterocycles. The average molecular weight is 276 g/mol. The number of aryl methyl sites for hydroxylation is 1. The van der Waals surface area contributed by atoms with Gasteiger partial charge in [-0.05, 0) is 49.3 Å². The van der Waals surface area contributed by atoms with Crippen molar-refractivity contribution in [3.05, 3.63) is 34.9 Å². The number of ether oxygens (including phenoxy) is 1. The van der Waals surface area contributed by atoms with E-state index >= 15 is 0 Å². The number of nitrogens with two attached hydrogens (primary N) is 1. The normalized spacial score (nSPS) is 16.6. The van der Waals surface area contributed by atoms with Crippen LogP contribution in [-0.2, 0) is 17.8 Å². The SMILES string of the molecule is COCCN(Cc1ccc(CN)cc1C)C(C)C1CC1. The molecule has 0 aliphatic heterocycles. The van der Waals surface area contributed by atoms with E-state index in [4.69, 9.17) is 10.5 Å². The third kappa shape index (κ3) is 4.05. The standard InChI is InChI=1S/C17H28N2O/c1-13-10-15(11-18)4-5-17(13)12-19(8-9-20-3)14(2)16-6-7-16/h4-5,10,14,16H,6-9,11-12,18H2,1-3H3. The summed E-state index contributed by atoms with van der Waals surface area (Å²) in [5, 5.41) is 0. The Morgan fingerprint density at radius 1 is 1.40 bits per heavy atom. The summed E-state index contributed by atoms with van der Waals surface area (Å²) >= 11 is 0. The molecule has 1 aliphatic carbocycles. The van der Waals surface area contributed by atoms with Crippen molar-refractivity contribution in [2.24, 2.45) is 11.7 Å². The summed E-state index contributed by atoms with van der Waals surface area (Å²) in [6.07, 6.45) is 2.77. The molecule has 1 atom stereocenters. The van der Waals surface area contributed by atoms with Crippen LogP contribution in [0.15, 0.2) is 18.2 Å². The van der Waals surface area contributed by atoms with Crippen molar-refractivity contribution in [2.45, 2.75) is 45.8 Å². The molecule has 0 radical (unpaired) electrons. The minimum atomic E-state index is 0.618. The third-order valence-corrected chi connectivity index (χ3v) is 4.48. The molecule has 1 fully saturated rings. The van der Waals surface area contributed by atoms with E-state index < -0.39 is 0 Å². The van der Waals surface area contributed by atoms with Gasteiger partial charge in [-0.2, -0.15) is 0 Å². The largest absolute Gasteiger partial charge is 0.383 e. The third-order valence-electron chi connectivity index (χ3n) is 4.48. The van der Waals surface area contributed by atoms with Gasteiger partial charge in [0.25, 0.3) is 0 Å². The van der Waals surface area contributed by atoms with Crippen LogP contribution in [0.3, 0.4) is 0 Å². The summed E-state index contributed by atoms with van der Waals surface area (Å²) < 4.78 is 5.27. The molecule has 3 nitrogen and oxygen atoms in total. The van der Waals surface area contributed by atoms with E-state index in [0.29, 0.717) is 12.6 Å². The zero-order valence-corrected chi connectivity index (χ0v) is 13.1. The van der Waals surface area contributed by atoms with Gasteiger partial charge in [-0.1, -0.05) is 18.2 Å². The van der Waals surface area contributed by atoms with Crippen molar-refractivity contribution in [1.29, 1.82) is 0 Å². The lowest BCUT2D eigenvalue weighted by molar-refractivity contribution is 0.111. The van der Waals surface area contributed by atoms with Crippen LogP contribution in [0.1, 0.15) is 36.5 Å². The second-order valence-electron chi connectivity index (χ2n) is 6.01. The molecule has 112 valence electrons. The fourth-order valence-corrected chi connectivity index (χ4v) is 2.79. The first-order valence-electron chi connectivity index (χ1n) is 7.67. The first-order valence-corrected chi connectivity index (χ1v) is 7.67. The van der Waals surface area contributed by atoms with E-state index in [9.17, 15) is 0 Å². The van der Waals surface area contributed by atoms with E-state index in [2.05, 4.69) is 36.9 Å². The van der Waals surface area contributed by atoms with Crippen molar-refractivity contribution in [1.82, 2.24) is 4.90 Å². The molecule has 1 aromatic carbocycles. The highest BCUT2D eigenvalue weighted by Crippen LogP contribution is 2.35. The molecule has 1 aromatic rings. The fraction of sp³-hybridized carbons (Fsp3) is 0.647. The highest BCUT2D eigenvalue weighted by Gasteiger charge is 2.31. The van der Waals surface area contributed by atoms with Crippen LogP contribution in [0.5, 0.6) is 0 Å². The molecule has 1 saturated carbocycles. The molecule has 0 amide bonds. The van der Waals surface area contributed by atoms with Crippen molar-refractivity contribution in [3.63, 3.8) is 0 Å². The maximum atomic E-state index is 5.71. The number of nitrogens with zero attached hydrogens (tertiary/aromatic N) is 1. The molecule has 0 spiro atoms. The molecule has 20 heavy (non-hydrogen) atoms. The minimum absolute atomic E-state index is 0.618. The van der Waals surface area contributed by atoms with Crippen LogP contribution in [-0.4, -0.2) is 31.2 Å². The lowest BCUT2D eigenvalue weighted by Crippen LogP contribution is -2.36. The van der Waals surface area contributed by atoms with Gasteiger partial charge in [-0.15, -0.1) is 0 Å². The van der Waals surface area contributed by atoms with Crippen LogP contribution in [0.2, 0.25) is 0 Å². The Bertz CT molecular complexity index is 429. The Morgan fingerprint density at radius 2 is 2.15 bits per heavy atom. The van der Waals surface area contributed by atoms with Crippen molar-refractivity contribution >= 4 is 0 Å². The second-order valence-corrected chi connectivity index (χ2v) is 6.01. The number of hydrogen-bond acceptors (Lipinski definition) is 3. The van der Waals surface area contributed by atoms with Crippen LogP contribution < -0.4 is 5.73 Å². The molecule has 0 saturated heterocycles. The van der Waals surface area contributed by atoms with Gasteiger partial charge in [0.05, 0.1) is 6.61 Å². The molecule has 0 heterocycles. The summed E-state index contributed by atoms with van der Waals surface area (Å²) in [4.78, 5) is 2.56. The molecular formula is C17H28N2O. The number of benzene rings is 1. The average Bonchev–Trinajstić information content (AvgIpc) is 3.28. The first kappa shape index (κ1) is 15.5. The minimum Gasteiger partial charge on any atom is -0.383 e. The fourth-order valence-electron chi connectivity index (χ4n) is 2.79. The van der Waals surface area contributed by atoms with Crippen LogP contribution in [0.4, 0.5) is 0 Å². The predicted molar refractivity (Wildman–Crippen MR) is 83.5 cm³/mol. The van der Waals surface area contributed by atoms with Crippen LogP contribution >= 0.6 is 0 Å². The van der Waals surface area contributed by atoms with Gasteiger partial charge >= 0.3 is 0 Å². The van der Waals surface area contributed by atoms with E-state index in [-0.39, 0.29) is 0 Å². The van der Waals surface area contributed by atoms with E-state index in [1.807, 2.05) is 0 Å². The summed E-state index contributed by atoms with van der Waals surface area (Å²) in [5.41, 5.74) is 9.67. The van der Waals surface area contributed by atoms with E-state index in [0.717, 1.165) is 25.6 Å². The first-order chi connectivity index (χ1) is 9.65. The maximum Gasteiger partial charge on any atom is 0.0589 e. The van der Waals surface area contributed by atoms with Gasteiger partial charge in [0, 0.05) is 32.8 Å². The molecule has 1 unspecified atom stereocenters. The number of hydrogen-bond donors (Lipinski definition) is 1. The van der Waals surface area contributed by atoms with Gasteiger partial charge in [0.2, 0.25) is 0 Å². The van der Waals surface area contributed by atoms with Gasteiger partial charge < -0.3 is 10.5 Å².